The van der Waals surface area contributed by atoms with Gasteiger partial charge in [0.25, 0.3) is 0 Å². The lowest BCUT2D eigenvalue weighted by molar-refractivity contribution is -0.138. The first-order valence-corrected chi connectivity index (χ1v) is 6.12. The van der Waals surface area contributed by atoms with Crippen LogP contribution in [-0.4, -0.2) is 12.6 Å². The number of hydrogen-bond acceptors (Lipinski definition) is 2. The molecule has 1 aromatic carbocycles. The average molecular weight is 242 g/mol. The minimum Gasteiger partial charge on any atom is -0.463 e. The van der Waals surface area contributed by atoms with Crippen LogP contribution in [0.25, 0.3) is 0 Å². The number of carbonyl (C=O) groups is 1. The fraction of sp³-hybridized carbons (Fsp3) is 0.312. The van der Waals surface area contributed by atoms with Gasteiger partial charge >= 0.3 is 5.97 Å². The molecule has 0 radical (unpaired) electrons. The molecule has 0 N–H and O–H groups in total. The van der Waals surface area contributed by atoms with Gasteiger partial charge in [-0.3, -0.25) is 0 Å². The van der Waals surface area contributed by atoms with Crippen molar-refractivity contribution in [2.75, 3.05) is 6.61 Å². The summed E-state index contributed by atoms with van der Waals surface area (Å²) in [5, 5.41) is 0. The molecule has 94 valence electrons. The summed E-state index contributed by atoms with van der Waals surface area (Å²) >= 11 is 0. The van der Waals surface area contributed by atoms with E-state index in [9.17, 15) is 4.79 Å². The van der Waals surface area contributed by atoms with Crippen LogP contribution in [0.3, 0.4) is 0 Å². The zero-order valence-corrected chi connectivity index (χ0v) is 10.9. The Bertz CT molecular complexity index is 461. The third kappa shape index (κ3) is 5.36. The zero-order valence-electron chi connectivity index (χ0n) is 10.9. The summed E-state index contributed by atoms with van der Waals surface area (Å²) < 4.78 is 4.89. The number of hydrogen-bond donors (Lipinski definition) is 0. The molecule has 0 spiro atoms. The first kappa shape index (κ1) is 14.1. The molecule has 0 unspecified atom stereocenters. The van der Waals surface area contributed by atoms with Gasteiger partial charge < -0.3 is 4.74 Å². The van der Waals surface area contributed by atoms with E-state index >= 15 is 0 Å². The van der Waals surface area contributed by atoms with E-state index in [1.807, 2.05) is 36.4 Å². The van der Waals surface area contributed by atoms with Crippen molar-refractivity contribution in [1.29, 1.82) is 0 Å². The Morgan fingerprint density at radius 2 is 2.06 bits per heavy atom. The number of ether oxygens (including phenoxy) is 1. The van der Waals surface area contributed by atoms with Gasteiger partial charge in [0.05, 0.1) is 6.61 Å². The summed E-state index contributed by atoms with van der Waals surface area (Å²) in [7, 11) is 0. The molecule has 1 rings (SSSR count). The summed E-state index contributed by atoms with van der Waals surface area (Å²) in [6.45, 7) is 3.98. The van der Waals surface area contributed by atoms with Gasteiger partial charge in [-0.25, -0.2) is 4.79 Å². The molecule has 0 amide bonds. The van der Waals surface area contributed by atoms with Crippen molar-refractivity contribution in [1.82, 2.24) is 0 Å². The molecular formula is C16H18O2. The Kier molecular flexibility index (Phi) is 6.35. The van der Waals surface area contributed by atoms with Crippen molar-refractivity contribution < 1.29 is 9.53 Å². The first-order valence-electron chi connectivity index (χ1n) is 6.12. The zero-order chi connectivity index (χ0) is 13.2. The summed E-state index contributed by atoms with van der Waals surface area (Å²) in [5.41, 5.74) is 1.67. The lowest BCUT2D eigenvalue weighted by Crippen LogP contribution is -2.04. The van der Waals surface area contributed by atoms with E-state index in [0.717, 1.165) is 18.4 Å². The molecule has 0 aliphatic heterocycles. The summed E-state index contributed by atoms with van der Waals surface area (Å²) in [6, 6.07) is 9.86. The van der Waals surface area contributed by atoms with E-state index in [0.29, 0.717) is 12.2 Å². The van der Waals surface area contributed by atoms with Gasteiger partial charge in [0, 0.05) is 17.6 Å². The van der Waals surface area contributed by atoms with E-state index in [-0.39, 0.29) is 5.97 Å². The van der Waals surface area contributed by atoms with E-state index in [4.69, 9.17) is 4.74 Å². The summed E-state index contributed by atoms with van der Waals surface area (Å²) in [5.74, 6) is 5.92. The molecule has 2 nitrogen and oxygen atoms in total. The molecule has 0 saturated carbocycles. The number of allylic oxidation sites excluding steroid dienone is 1. The van der Waals surface area contributed by atoms with Crippen molar-refractivity contribution in [3.8, 4) is 11.8 Å². The van der Waals surface area contributed by atoms with Crippen LogP contribution in [-0.2, 0) is 9.53 Å². The third-order valence-electron chi connectivity index (χ3n) is 2.32. The van der Waals surface area contributed by atoms with Crippen molar-refractivity contribution in [2.24, 2.45) is 0 Å². The number of esters is 1. The van der Waals surface area contributed by atoms with Gasteiger partial charge in [0.2, 0.25) is 0 Å². The summed E-state index contributed by atoms with van der Waals surface area (Å²) in [4.78, 5) is 11.3. The molecule has 0 bridgehead atoms. The van der Waals surface area contributed by atoms with Crippen molar-refractivity contribution >= 4 is 5.97 Å². The SMILES string of the molecule is CCOC(=O)/C(C)=C/CCC#Cc1ccccc1. The van der Waals surface area contributed by atoms with Gasteiger partial charge in [0.1, 0.15) is 0 Å². The van der Waals surface area contributed by atoms with E-state index in [1.54, 1.807) is 13.8 Å². The van der Waals surface area contributed by atoms with E-state index in [2.05, 4.69) is 11.8 Å². The predicted molar refractivity (Wildman–Crippen MR) is 72.9 cm³/mol. The van der Waals surface area contributed by atoms with Crippen LogP contribution >= 0.6 is 0 Å². The molecule has 0 aliphatic rings. The Morgan fingerprint density at radius 1 is 1.33 bits per heavy atom. The van der Waals surface area contributed by atoms with Crippen molar-refractivity contribution in [3.05, 3.63) is 47.5 Å². The maximum atomic E-state index is 11.3. The van der Waals surface area contributed by atoms with Crippen LogP contribution in [0.15, 0.2) is 42.0 Å². The number of rotatable bonds is 4. The highest BCUT2D eigenvalue weighted by atomic mass is 16.5. The number of benzene rings is 1. The first-order chi connectivity index (χ1) is 8.74. The molecular weight excluding hydrogens is 224 g/mol. The van der Waals surface area contributed by atoms with Crippen LogP contribution in [0, 0.1) is 11.8 Å². The monoisotopic (exact) mass is 242 g/mol. The van der Waals surface area contributed by atoms with Crippen LogP contribution in [0.5, 0.6) is 0 Å². The highest BCUT2D eigenvalue weighted by Gasteiger charge is 2.02. The van der Waals surface area contributed by atoms with Gasteiger partial charge in [-0.15, -0.1) is 0 Å². The molecule has 0 heterocycles. The minimum absolute atomic E-state index is 0.242. The van der Waals surface area contributed by atoms with Crippen LogP contribution in [0.2, 0.25) is 0 Å². The lowest BCUT2D eigenvalue weighted by Gasteiger charge is -2.00. The number of unbranched alkanes of at least 4 members (excludes halogenated alkanes) is 1. The molecule has 1 aromatic rings. The van der Waals surface area contributed by atoms with Crippen molar-refractivity contribution in [2.45, 2.75) is 26.7 Å². The van der Waals surface area contributed by atoms with E-state index in [1.165, 1.54) is 0 Å². The Balaban J connectivity index is 2.37. The Labute approximate surface area is 109 Å². The molecule has 0 aromatic heterocycles. The Morgan fingerprint density at radius 3 is 2.72 bits per heavy atom. The standard InChI is InChI=1S/C16H18O2/c1-3-18-16(17)14(2)10-6-4-7-11-15-12-8-5-9-13-15/h5,8-10,12-13H,3-4,6H2,1-2H3/b14-10+. The predicted octanol–water partition coefficient (Wildman–Crippen LogP) is 3.33. The fourth-order valence-electron chi connectivity index (χ4n) is 1.38. The summed E-state index contributed by atoms with van der Waals surface area (Å²) in [6.07, 6.45) is 3.38. The second-order valence-electron chi connectivity index (χ2n) is 3.81. The van der Waals surface area contributed by atoms with Crippen LogP contribution < -0.4 is 0 Å². The van der Waals surface area contributed by atoms with E-state index < -0.39 is 0 Å². The third-order valence-corrected chi connectivity index (χ3v) is 2.32. The molecule has 2 heteroatoms. The van der Waals surface area contributed by atoms with Gasteiger partial charge in [0.15, 0.2) is 0 Å². The van der Waals surface area contributed by atoms with Crippen molar-refractivity contribution in [3.63, 3.8) is 0 Å². The second-order valence-corrected chi connectivity index (χ2v) is 3.81. The largest absolute Gasteiger partial charge is 0.463 e. The maximum Gasteiger partial charge on any atom is 0.333 e. The average Bonchev–Trinajstić information content (AvgIpc) is 2.39. The van der Waals surface area contributed by atoms with Gasteiger partial charge in [-0.1, -0.05) is 36.1 Å². The van der Waals surface area contributed by atoms with Crippen LogP contribution in [0.4, 0.5) is 0 Å². The smallest absolute Gasteiger partial charge is 0.333 e. The normalized spacial score (nSPS) is 10.4. The topological polar surface area (TPSA) is 26.3 Å². The van der Waals surface area contributed by atoms with Crippen LogP contribution in [0.1, 0.15) is 32.3 Å². The quantitative estimate of drug-likeness (QED) is 0.350. The Hall–Kier alpha value is -2.01. The second kappa shape index (κ2) is 8.14. The molecule has 18 heavy (non-hydrogen) atoms. The minimum atomic E-state index is -0.242. The van der Waals surface area contributed by atoms with Gasteiger partial charge in [-0.05, 0) is 32.4 Å². The molecule has 0 fully saturated rings. The molecule has 0 aliphatic carbocycles. The van der Waals surface area contributed by atoms with Gasteiger partial charge in [-0.2, -0.15) is 0 Å². The molecule has 0 atom stereocenters. The number of carbonyl (C=O) groups excluding carboxylic acids is 1. The highest BCUT2D eigenvalue weighted by Crippen LogP contribution is 2.01. The lowest BCUT2D eigenvalue weighted by atomic mass is 10.2. The maximum absolute atomic E-state index is 11.3. The highest BCUT2D eigenvalue weighted by molar-refractivity contribution is 5.87. The molecule has 0 saturated heterocycles. The fourth-order valence-corrected chi connectivity index (χ4v) is 1.38.